The van der Waals surface area contributed by atoms with Crippen molar-refractivity contribution < 1.29 is 18.9 Å². The van der Waals surface area contributed by atoms with Crippen molar-refractivity contribution in [3.8, 4) is 0 Å². The van der Waals surface area contributed by atoms with Crippen LogP contribution in [0.25, 0.3) is 0 Å². The number of benzene rings is 2. The average Bonchev–Trinajstić information content (AvgIpc) is 2.84. The predicted molar refractivity (Wildman–Crippen MR) is 132 cm³/mol. The summed E-state index contributed by atoms with van der Waals surface area (Å²) in [6.07, 6.45) is 0. The van der Waals surface area contributed by atoms with Crippen LogP contribution in [0.2, 0.25) is 0 Å². The molecule has 0 N–H and O–H groups in total. The Kier molecular flexibility index (Phi) is 12.1. The second-order valence-electron chi connectivity index (χ2n) is 7.85. The highest BCUT2D eigenvalue weighted by atomic mass is 16.5. The van der Waals surface area contributed by atoms with Gasteiger partial charge in [-0.15, -0.1) is 0 Å². The highest BCUT2D eigenvalue weighted by Gasteiger charge is 2.12. The van der Waals surface area contributed by atoms with Gasteiger partial charge in [-0.1, -0.05) is 31.2 Å². The Morgan fingerprint density at radius 3 is 1.06 bits per heavy atom. The zero-order valence-electron chi connectivity index (χ0n) is 20.4. The second-order valence-corrected chi connectivity index (χ2v) is 7.85. The zero-order valence-corrected chi connectivity index (χ0v) is 20.4. The maximum atomic E-state index is 5.26. The number of hydrogen-bond acceptors (Lipinski definition) is 6. The van der Waals surface area contributed by atoms with Gasteiger partial charge >= 0.3 is 0 Å². The molecule has 2 aromatic rings. The number of rotatable bonds is 16. The van der Waals surface area contributed by atoms with E-state index in [1.807, 2.05) is 0 Å². The summed E-state index contributed by atoms with van der Waals surface area (Å²) < 4.78 is 21.1. The summed E-state index contributed by atoms with van der Waals surface area (Å²) in [7, 11) is 6.94. The molecule has 0 aliphatic rings. The summed E-state index contributed by atoms with van der Waals surface area (Å²) >= 11 is 0. The molecular weight excluding hydrogens is 404 g/mol. The van der Waals surface area contributed by atoms with Gasteiger partial charge in [0.25, 0.3) is 0 Å². The Balaban J connectivity index is 2.08. The fourth-order valence-electron chi connectivity index (χ4n) is 3.69. The first-order valence-corrected chi connectivity index (χ1v) is 11.3. The molecule has 6 nitrogen and oxygen atoms in total. The van der Waals surface area contributed by atoms with E-state index in [9.17, 15) is 0 Å². The van der Waals surface area contributed by atoms with E-state index in [0.717, 1.165) is 26.2 Å². The minimum atomic E-state index is 0.316. The molecule has 0 aliphatic carbocycles. The minimum Gasteiger partial charge on any atom is -0.383 e. The van der Waals surface area contributed by atoms with Crippen molar-refractivity contribution in [2.75, 3.05) is 90.8 Å². The molecule has 0 aromatic heterocycles. The molecule has 2 aromatic carbocycles. The molecule has 0 atom stereocenters. The van der Waals surface area contributed by atoms with E-state index in [2.05, 4.69) is 65.3 Å². The van der Waals surface area contributed by atoms with Crippen molar-refractivity contribution in [1.82, 2.24) is 0 Å². The fourth-order valence-corrected chi connectivity index (χ4v) is 3.69. The monoisotopic (exact) mass is 444 g/mol. The highest BCUT2D eigenvalue weighted by Crippen LogP contribution is 2.28. The Labute approximate surface area is 194 Å². The highest BCUT2D eigenvalue weighted by molar-refractivity contribution is 5.51. The van der Waals surface area contributed by atoms with Gasteiger partial charge in [0.05, 0.1) is 26.4 Å². The standard InChI is InChI=1S/C26H40N2O4/c1-22(23-6-10-25(11-7-23)27(14-18-29-2)15-19-30-3)24-8-12-26(13-9-24)28(16-20-31-4)17-21-32-5/h6-13,22H,14-21H2,1-5H3. The lowest BCUT2D eigenvalue weighted by Gasteiger charge is -2.25. The Morgan fingerprint density at radius 1 is 0.531 bits per heavy atom. The van der Waals surface area contributed by atoms with Crippen molar-refractivity contribution >= 4 is 11.4 Å². The molecule has 0 fully saturated rings. The quantitative estimate of drug-likeness (QED) is 0.389. The van der Waals surface area contributed by atoms with Crippen molar-refractivity contribution in [2.24, 2.45) is 0 Å². The Morgan fingerprint density at radius 2 is 0.812 bits per heavy atom. The van der Waals surface area contributed by atoms with E-state index in [4.69, 9.17) is 18.9 Å². The average molecular weight is 445 g/mol. The van der Waals surface area contributed by atoms with Gasteiger partial charge in [-0.25, -0.2) is 0 Å². The normalized spacial score (nSPS) is 11.2. The number of nitrogens with zero attached hydrogens (tertiary/aromatic N) is 2. The Hall–Kier alpha value is -2.12. The molecule has 2 rings (SSSR count). The SMILES string of the molecule is COCCN(CCOC)c1ccc(C(C)c2ccc(N(CCOC)CCOC)cc2)cc1. The molecule has 0 saturated carbocycles. The zero-order chi connectivity index (χ0) is 23.2. The number of anilines is 2. The number of ether oxygens (including phenoxy) is 4. The molecule has 0 saturated heterocycles. The van der Waals surface area contributed by atoms with Crippen LogP contribution in [-0.4, -0.2) is 81.0 Å². The lowest BCUT2D eigenvalue weighted by atomic mass is 9.93. The first-order chi connectivity index (χ1) is 15.6. The van der Waals surface area contributed by atoms with Crippen LogP contribution in [0.1, 0.15) is 24.0 Å². The topological polar surface area (TPSA) is 43.4 Å². The van der Waals surface area contributed by atoms with E-state index in [1.54, 1.807) is 28.4 Å². The van der Waals surface area contributed by atoms with E-state index in [0.29, 0.717) is 32.3 Å². The maximum Gasteiger partial charge on any atom is 0.0637 e. The van der Waals surface area contributed by atoms with Crippen LogP contribution in [0.4, 0.5) is 11.4 Å². The largest absolute Gasteiger partial charge is 0.383 e. The molecular formula is C26H40N2O4. The third-order valence-electron chi connectivity index (χ3n) is 5.78. The van der Waals surface area contributed by atoms with Crippen LogP contribution in [0.15, 0.2) is 48.5 Å². The summed E-state index contributed by atoms with van der Waals surface area (Å²) in [6, 6.07) is 17.7. The van der Waals surface area contributed by atoms with Gasteiger partial charge < -0.3 is 28.7 Å². The van der Waals surface area contributed by atoms with Crippen LogP contribution in [0.3, 0.4) is 0 Å². The third-order valence-corrected chi connectivity index (χ3v) is 5.78. The molecule has 0 bridgehead atoms. The van der Waals surface area contributed by atoms with Gasteiger partial charge in [0.1, 0.15) is 0 Å². The van der Waals surface area contributed by atoms with Crippen LogP contribution >= 0.6 is 0 Å². The molecule has 0 unspecified atom stereocenters. The van der Waals surface area contributed by atoms with Gasteiger partial charge in [-0.05, 0) is 35.4 Å². The predicted octanol–water partition coefficient (Wildman–Crippen LogP) is 4.04. The van der Waals surface area contributed by atoms with E-state index >= 15 is 0 Å². The van der Waals surface area contributed by atoms with Gasteiger partial charge in [0, 0.05) is 71.9 Å². The molecule has 0 spiro atoms. The summed E-state index contributed by atoms with van der Waals surface area (Å²) in [6.45, 7) is 8.42. The van der Waals surface area contributed by atoms with Crippen LogP contribution in [0, 0.1) is 0 Å². The Bertz CT molecular complexity index is 657. The van der Waals surface area contributed by atoms with Gasteiger partial charge in [-0.3, -0.25) is 0 Å². The lowest BCUT2D eigenvalue weighted by molar-refractivity contribution is 0.190. The summed E-state index contributed by atoms with van der Waals surface area (Å²) in [4.78, 5) is 4.59. The number of hydrogen-bond donors (Lipinski definition) is 0. The second kappa shape index (κ2) is 14.9. The summed E-state index contributed by atoms with van der Waals surface area (Å²) in [5.41, 5.74) is 4.99. The molecule has 0 heterocycles. The van der Waals surface area contributed by atoms with Crippen molar-refractivity contribution in [3.63, 3.8) is 0 Å². The number of methoxy groups -OCH3 is 4. The lowest BCUT2D eigenvalue weighted by Crippen LogP contribution is -2.30. The minimum absolute atomic E-state index is 0.316. The van der Waals surface area contributed by atoms with E-state index in [1.165, 1.54) is 22.5 Å². The molecule has 0 radical (unpaired) electrons. The van der Waals surface area contributed by atoms with E-state index in [-0.39, 0.29) is 0 Å². The van der Waals surface area contributed by atoms with Crippen molar-refractivity contribution in [3.05, 3.63) is 59.7 Å². The van der Waals surface area contributed by atoms with Crippen molar-refractivity contribution in [1.29, 1.82) is 0 Å². The van der Waals surface area contributed by atoms with Gasteiger partial charge in [-0.2, -0.15) is 0 Å². The molecule has 6 heteroatoms. The fraction of sp³-hybridized carbons (Fsp3) is 0.538. The van der Waals surface area contributed by atoms with E-state index < -0.39 is 0 Å². The van der Waals surface area contributed by atoms with Crippen LogP contribution in [-0.2, 0) is 18.9 Å². The first kappa shape index (κ1) is 26.1. The maximum absolute atomic E-state index is 5.26. The van der Waals surface area contributed by atoms with Crippen molar-refractivity contribution in [2.45, 2.75) is 12.8 Å². The first-order valence-electron chi connectivity index (χ1n) is 11.3. The molecule has 178 valence electrons. The van der Waals surface area contributed by atoms with Crippen LogP contribution < -0.4 is 9.80 Å². The summed E-state index contributed by atoms with van der Waals surface area (Å²) in [5.74, 6) is 0.316. The summed E-state index contributed by atoms with van der Waals surface area (Å²) in [5, 5.41) is 0. The molecule has 0 amide bonds. The molecule has 32 heavy (non-hydrogen) atoms. The third kappa shape index (κ3) is 8.10. The molecule has 0 aliphatic heterocycles. The smallest absolute Gasteiger partial charge is 0.0637 e. The van der Waals surface area contributed by atoms with Gasteiger partial charge in [0.15, 0.2) is 0 Å². The van der Waals surface area contributed by atoms with Gasteiger partial charge in [0.2, 0.25) is 0 Å². The van der Waals surface area contributed by atoms with Crippen LogP contribution in [0.5, 0.6) is 0 Å².